The quantitative estimate of drug-likeness (QED) is 0.670. The lowest BCUT2D eigenvalue weighted by Gasteiger charge is -2.23. The number of carbonyl (C=O) groups is 2. The van der Waals surface area contributed by atoms with Gasteiger partial charge in [0.25, 0.3) is 0 Å². The fourth-order valence-corrected chi connectivity index (χ4v) is 2.82. The number of carbonyl (C=O) groups excluding carboxylic acids is 2. The van der Waals surface area contributed by atoms with E-state index in [1.54, 1.807) is 0 Å². The summed E-state index contributed by atoms with van der Waals surface area (Å²) in [4.78, 5) is 25.9. The van der Waals surface area contributed by atoms with Gasteiger partial charge in [0.05, 0.1) is 13.1 Å². The summed E-state index contributed by atoms with van der Waals surface area (Å²) in [6.45, 7) is 7.18. The van der Waals surface area contributed by atoms with E-state index < -0.39 is 0 Å². The first-order valence-corrected chi connectivity index (χ1v) is 8.30. The highest BCUT2D eigenvalue weighted by Crippen LogP contribution is 2.44. The Bertz CT molecular complexity index is 364. The standard InChI is InChI=1S/C16H29N3O2/c1-4-19(9-14(20)17-11(2)3)10-15(21)18-16(12-5-6-12)13-7-8-13/h11-13,16H,4-10H2,1-3H3,(H,17,20)(H,18,21). The van der Waals surface area contributed by atoms with E-state index in [9.17, 15) is 9.59 Å². The number of likely N-dealkylation sites (N-methyl/N-ethyl adjacent to an activating group) is 1. The van der Waals surface area contributed by atoms with Crippen LogP contribution in [0, 0.1) is 11.8 Å². The number of hydrogen-bond acceptors (Lipinski definition) is 3. The van der Waals surface area contributed by atoms with Crippen LogP contribution in [0.5, 0.6) is 0 Å². The van der Waals surface area contributed by atoms with Crippen LogP contribution in [-0.4, -0.2) is 48.4 Å². The number of nitrogens with one attached hydrogen (secondary N) is 2. The molecule has 0 heterocycles. The van der Waals surface area contributed by atoms with Crippen molar-refractivity contribution < 1.29 is 9.59 Å². The van der Waals surface area contributed by atoms with E-state index >= 15 is 0 Å². The van der Waals surface area contributed by atoms with Crippen LogP contribution in [0.15, 0.2) is 0 Å². The van der Waals surface area contributed by atoms with Crippen LogP contribution in [0.2, 0.25) is 0 Å². The van der Waals surface area contributed by atoms with Gasteiger partial charge in [-0.25, -0.2) is 0 Å². The molecule has 5 nitrogen and oxygen atoms in total. The summed E-state index contributed by atoms with van der Waals surface area (Å²) in [6.07, 6.45) is 5.04. The number of hydrogen-bond donors (Lipinski definition) is 2. The molecule has 0 bridgehead atoms. The molecule has 2 saturated carbocycles. The average molecular weight is 295 g/mol. The summed E-state index contributed by atoms with van der Waals surface area (Å²) in [6, 6.07) is 0.528. The van der Waals surface area contributed by atoms with E-state index in [0.29, 0.717) is 37.5 Å². The molecule has 21 heavy (non-hydrogen) atoms. The third-order valence-electron chi connectivity index (χ3n) is 4.22. The summed E-state index contributed by atoms with van der Waals surface area (Å²) in [7, 11) is 0. The Morgan fingerprint density at radius 2 is 1.48 bits per heavy atom. The van der Waals surface area contributed by atoms with Gasteiger partial charge in [-0.1, -0.05) is 6.92 Å². The fourth-order valence-electron chi connectivity index (χ4n) is 2.82. The molecule has 0 radical (unpaired) electrons. The first-order valence-electron chi connectivity index (χ1n) is 8.30. The predicted octanol–water partition coefficient (Wildman–Crippen LogP) is 1.14. The lowest BCUT2D eigenvalue weighted by atomic mass is 10.1. The van der Waals surface area contributed by atoms with E-state index in [1.165, 1.54) is 25.7 Å². The van der Waals surface area contributed by atoms with Gasteiger partial charge in [0.2, 0.25) is 11.8 Å². The molecule has 0 aromatic carbocycles. The summed E-state index contributed by atoms with van der Waals surface area (Å²) in [5.74, 6) is 1.47. The van der Waals surface area contributed by atoms with Crippen molar-refractivity contribution in [2.24, 2.45) is 11.8 Å². The Labute approximate surface area is 127 Å². The van der Waals surface area contributed by atoms with Gasteiger partial charge < -0.3 is 10.6 Å². The molecule has 120 valence electrons. The monoisotopic (exact) mass is 295 g/mol. The third kappa shape index (κ3) is 5.65. The molecular weight excluding hydrogens is 266 g/mol. The van der Waals surface area contributed by atoms with Crippen molar-refractivity contribution in [3.63, 3.8) is 0 Å². The van der Waals surface area contributed by atoms with E-state index in [-0.39, 0.29) is 17.9 Å². The molecule has 2 aliphatic rings. The average Bonchev–Trinajstić information content (AvgIpc) is 3.27. The molecular formula is C16H29N3O2. The van der Waals surface area contributed by atoms with Crippen molar-refractivity contribution in [3.8, 4) is 0 Å². The van der Waals surface area contributed by atoms with Crippen molar-refractivity contribution >= 4 is 11.8 Å². The van der Waals surface area contributed by atoms with Crippen molar-refractivity contribution in [2.45, 2.75) is 58.5 Å². The molecule has 0 unspecified atom stereocenters. The van der Waals surface area contributed by atoms with E-state index in [4.69, 9.17) is 0 Å². The Morgan fingerprint density at radius 1 is 1.00 bits per heavy atom. The molecule has 0 atom stereocenters. The minimum Gasteiger partial charge on any atom is -0.353 e. The zero-order valence-electron chi connectivity index (χ0n) is 13.5. The summed E-state index contributed by atoms with van der Waals surface area (Å²) in [5.41, 5.74) is 0. The highest BCUT2D eigenvalue weighted by Gasteiger charge is 2.42. The second-order valence-corrected chi connectivity index (χ2v) is 6.79. The van der Waals surface area contributed by atoms with E-state index in [0.717, 1.165) is 0 Å². The lowest BCUT2D eigenvalue weighted by molar-refractivity contribution is -0.125. The molecule has 0 spiro atoms. The fraction of sp³-hybridized carbons (Fsp3) is 0.875. The van der Waals surface area contributed by atoms with Crippen molar-refractivity contribution in [1.82, 2.24) is 15.5 Å². The van der Waals surface area contributed by atoms with Crippen LogP contribution in [-0.2, 0) is 9.59 Å². The normalized spacial score (nSPS) is 18.4. The molecule has 0 aliphatic heterocycles. The van der Waals surface area contributed by atoms with Crippen LogP contribution < -0.4 is 10.6 Å². The molecule has 0 aromatic heterocycles. The topological polar surface area (TPSA) is 61.4 Å². The SMILES string of the molecule is CCN(CC(=O)NC(C)C)CC(=O)NC(C1CC1)C1CC1. The molecule has 0 aromatic rings. The minimum absolute atomic E-state index is 0.0133. The van der Waals surface area contributed by atoms with E-state index in [2.05, 4.69) is 10.6 Å². The molecule has 2 rings (SSSR count). The first-order chi connectivity index (χ1) is 9.99. The zero-order chi connectivity index (χ0) is 15.4. The van der Waals surface area contributed by atoms with Gasteiger partial charge in [0.15, 0.2) is 0 Å². The van der Waals surface area contributed by atoms with Gasteiger partial charge in [-0.05, 0) is 57.9 Å². The lowest BCUT2D eigenvalue weighted by Crippen LogP contribution is -2.47. The second-order valence-electron chi connectivity index (χ2n) is 6.79. The Hall–Kier alpha value is -1.10. The van der Waals surface area contributed by atoms with Crippen molar-refractivity contribution in [3.05, 3.63) is 0 Å². The largest absolute Gasteiger partial charge is 0.353 e. The van der Waals surface area contributed by atoms with Crippen LogP contribution in [0.1, 0.15) is 46.5 Å². The van der Waals surface area contributed by atoms with Gasteiger partial charge in [0.1, 0.15) is 0 Å². The maximum Gasteiger partial charge on any atom is 0.234 e. The highest BCUT2D eigenvalue weighted by atomic mass is 16.2. The molecule has 0 saturated heterocycles. The smallest absolute Gasteiger partial charge is 0.234 e. The summed E-state index contributed by atoms with van der Waals surface area (Å²) in [5, 5.41) is 6.07. The van der Waals surface area contributed by atoms with Crippen LogP contribution in [0.3, 0.4) is 0 Å². The number of rotatable bonds is 9. The molecule has 2 N–H and O–H groups in total. The van der Waals surface area contributed by atoms with Crippen LogP contribution >= 0.6 is 0 Å². The maximum atomic E-state index is 12.2. The Kier molecular flexibility index (Phi) is 5.62. The summed E-state index contributed by atoms with van der Waals surface area (Å²) >= 11 is 0. The number of nitrogens with zero attached hydrogens (tertiary/aromatic N) is 1. The van der Waals surface area contributed by atoms with E-state index in [1.807, 2.05) is 25.7 Å². The van der Waals surface area contributed by atoms with Gasteiger partial charge in [-0.3, -0.25) is 14.5 Å². The third-order valence-corrected chi connectivity index (χ3v) is 4.22. The van der Waals surface area contributed by atoms with Gasteiger partial charge in [0, 0.05) is 12.1 Å². The molecule has 2 fully saturated rings. The Balaban J connectivity index is 1.74. The molecule has 5 heteroatoms. The van der Waals surface area contributed by atoms with Gasteiger partial charge in [-0.15, -0.1) is 0 Å². The van der Waals surface area contributed by atoms with Gasteiger partial charge in [-0.2, -0.15) is 0 Å². The van der Waals surface area contributed by atoms with Gasteiger partial charge >= 0.3 is 0 Å². The summed E-state index contributed by atoms with van der Waals surface area (Å²) < 4.78 is 0. The van der Waals surface area contributed by atoms with Crippen LogP contribution in [0.25, 0.3) is 0 Å². The molecule has 2 aliphatic carbocycles. The number of amides is 2. The van der Waals surface area contributed by atoms with Crippen molar-refractivity contribution in [1.29, 1.82) is 0 Å². The Morgan fingerprint density at radius 3 is 1.86 bits per heavy atom. The maximum absolute atomic E-state index is 12.2. The van der Waals surface area contributed by atoms with Crippen molar-refractivity contribution in [2.75, 3.05) is 19.6 Å². The zero-order valence-corrected chi connectivity index (χ0v) is 13.5. The minimum atomic E-state index is -0.0133. The van der Waals surface area contributed by atoms with Crippen LogP contribution in [0.4, 0.5) is 0 Å². The predicted molar refractivity (Wildman–Crippen MR) is 82.8 cm³/mol. The highest BCUT2D eigenvalue weighted by molar-refractivity contribution is 5.81. The second kappa shape index (κ2) is 7.25. The molecule has 2 amide bonds. The first kappa shape index (κ1) is 16.3.